The first-order valence-electron chi connectivity index (χ1n) is 4.68. The molecule has 96 valence electrons. The predicted octanol–water partition coefficient (Wildman–Crippen LogP) is 0.232. The fourth-order valence-electron chi connectivity index (χ4n) is 0.867. The van der Waals surface area contributed by atoms with E-state index in [2.05, 4.69) is 4.98 Å². The van der Waals surface area contributed by atoms with E-state index in [-0.39, 0.29) is 29.0 Å². The van der Waals surface area contributed by atoms with Gasteiger partial charge in [-0.15, -0.1) is 0 Å². The summed E-state index contributed by atoms with van der Waals surface area (Å²) in [5.41, 5.74) is 0.0601. The molecule has 0 radical (unpaired) electrons. The molecule has 0 aliphatic rings. The van der Waals surface area contributed by atoms with Crippen molar-refractivity contribution in [1.29, 1.82) is 0 Å². The number of thioether (sulfide) groups is 1. The lowest BCUT2D eigenvalue weighted by molar-refractivity contribution is 0.0519. The molecule has 0 spiro atoms. The second-order valence-corrected chi connectivity index (χ2v) is 5.71. The van der Waals surface area contributed by atoms with Gasteiger partial charge in [-0.1, -0.05) is 11.8 Å². The van der Waals surface area contributed by atoms with Gasteiger partial charge in [0, 0.05) is 5.75 Å². The van der Waals surface area contributed by atoms with Crippen molar-refractivity contribution in [2.75, 3.05) is 18.1 Å². The van der Waals surface area contributed by atoms with Crippen molar-refractivity contribution in [3.05, 3.63) is 12.0 Å². The number of aromatic nitrogens is 1. The quantitative estimate of drug-likeness (QED) is 0.586. The van der Waals surface area contributed by atoms with E-state index in [4.69, 9.17) is 14.3 Å². The summed E-state index contributed by atoms with van der Waals surface area (Å²) in [5, 5.41) is 5.03. The van der Waals surface area contributed by atoms with Crippen LogP contribution in [0.15, 0.2) is 15.9 Å². The van der Waals surface area contributed by atoms with Gasteiger partial charge in [-0.2, -0.15) is 4.98 Å². The van der Waals surface area contributed by atoms with Crippen LogP contribution in [0.1, 0.15) is 17.4 Å². The van der Waals surface area contributed by atoms with Crippen LogP contribution in [0.2, 0.25) is 0 Å². The summed E-state index contributed by atoms with van der Waals surface area (Å²) in [6.45, 7) is 1.93. The smallest absolute Gasteiger partial charge is 0.360 e. The summed E-state index contributed by atoms with van der Waals surface area (Å²) in [6.07, 6.45) is 1.16. The molecule has 0 saturated carbocycles. The zero-order chi connectivity index (χ0) is 12.9. The lowest BCUT2D eigenvalue weighted by atomic mass is 10.5. The summed E-state index contributed by atoms with van der Waals surface area (Å²) in [6, 6.07) is 0. The standard InChI is InChI=1S/C8H12N2O5S2/c1-2-14-7(11)6-5-15-8(10-6)16-3-4-17(9,12)13/h5H,2-4H2,1H3,(H2,9,12,13). The molecule has 1 rings (SSSR count). The second-order valence-electron chi connectivity index (χ2n) is 2.93. The van der Waals surface area contributed by atoms with E-state index in [0.717, 1.165) is 18.0 Å². The van der Waals surface area contributed by atoms with Gasteiger partial charge >= 0.3 is 5.97 Å². The van der Waals surface area contributed by atoms with Crippen LogP contribution in [-0.2, 0) is 14.8 Å². The molecule has 0 aliphatic heterocycles. The number of hydrogen-bond donors (Lipinski definition) is 1. The Kier molecular flexibility index (Phi) is 4.97. The van der Waals surface area contributed by atoms with Gasteiger partial charge in [0.1, 0.15) is 6.26 Å². The molecule has 1 heterocycles. The SMILES string of the molecule is CCOC(=O)c1coc(SCCS(N)(=O)=O)n1. The highest BCUT2D eigenvalue weighted by atomic mass is 32.2. The normalized spacial score (nSPS) is 11.4. The monoisotopic (exact) mass is 280 g/mol. The molecule has 17 heavy (non-hydrogen) atoms. The number of nitrogens with two attached hydrogens (primary N) is 1. The number of oxazole rings is 1. The lowest BCUT2D eigenvalue weighted by Gasteiger charge is -1.95. The number of hydrogen-bond acceptors (Lipinski definition) is 7. The molecule has 0 aromatic carbocycles. The molecule has 7 nitrogen and oxygen atoms in total. The Hall–Kier alpha value is -1.06. The first kappa shape index (κ1) is 14.0. The number of primary sulfonamides is 1. The third-order valence-corrected chi connectivity index (χ3v) is 3.44. The fraction of sp³-hybridized carbons (Fsp3) is 0.500. The molecule has 0 unspecified atom stereocenters. The van der Waals surface area contributed by atoms with Gasteiger partial charge in [0.05, 0.1) is 12.4 Å². The number of sulfonamides is 1. The summed E-state index contributed by atoms with van der Waals surface area (Å²) >= 11 is 1.06. The third kappa shape index (κ3) is 5.20. The Morgan fingerprint density at radius 1 is 1.65 bits per heavy atom. The van der Waals surface area contributed by atoms with Crippen LogP contribution in [0.25, 0.3) is 0 Å². The van der Waals surface area contributed by atoms with Crippen molar-refractivity contribution in [2.45, 2.75) is 12.1 Å². The van der Waals surface area contributed by atoms with Gasteiger partial charge < -0.3 is 9.15 Å². The van der Waals surface area contributed by atoms with Crippen LogP contribution in [-0.4, -0.2) is 37.5 Å². The molecule has 0 saturated heterocycles. The molecule has 1 aromatic heterocycles. The summed E-state index contributed by atoms with van der Waals surface area (Å²) in [7, 11) is -3.49. The molecular weight excluding hydrogens is 268 g/mol. The maximum atomic E-state index is 11.2. The number of nitrogens with zero attached hydrogens (tertiary/aromatic N) is 1. The molecule has 0 amide bonds. The molecule has 1 aromatic rings. The predicted molar refractivity (Wildman–Crippen MR) is 61.2 cm³/mol. The Morgan fingerprint density at radius 3 is 2.94 bits per heavy atom. The highest BCUT2D eigenvalue weighted by molar-refractivity contribution is 8.00. The average Bonchev–Trinajstić information content (AvgIpc) is 2.65. The molecule has 0 aliphatic carbocycles. The summed E-state index contributed by atoms with van der Waals surface area (Å²) in [4.78, 5) is 15.1. The maximum absolute atomic E-state index is 11.2. The van der Waals surface area contributed by atoms with Gasteiger partial charge in [-0.25, -0.2) is 18.4 Å². The first-order chi connectivity index (χ1) is 7.92. The molecule has 0 bridgehead atoms. The average molecular weight is 280 g/mol. The highest BCUT2D eigenvalue weighted by Gasteiger charge is 2.13. The van der Waals surface area contributed by atoms with Crippen LogP contribution in [0.5, 0.6) is 0 Å². The Morgan fingerprint density at radius 2 is 2.35 bits per heavy atom. The summed E-state index contributed by atoms with van der Waals surface area (Å²) in [5.74, 6) is -0.550. The Bertz CT molecular complexity index is 482. The van der Waals surface area contributed by atoms with Crippen LogP contribution in [0, 0.1) is 0 Å². The molecule has 0 fully saturated rings. The van der Waals surface area contributed by atoms with Gasteiger partial charge in [0.15, 0.2) is 5.69 Å². The van der Waals surface area contributed by atoms with Crippen LogP contribution in [0.4, 0.5) is 0 Å². The van der Waals surface area contributed by atoms with Crippen LogP contribution in [0.3, 0.4) is 0 Å². The molecular formula is C8H12N2O5S2. The minimum Gasteiger partial charge on any atom is -0.461 e. The van der Waals surface area contributed by atoms with Crippen molar-refractivity contribution in [3.8, 4) is 0 Å². The van der Waals surface area contributed by atoms with E-state index in [1.807, 2.05) is 0 Å². The van der Waals surface area contributed by atoms with E-state index < -0.39 is 16.0 Å². The minimum atomic E-state index is -3.49. The second kappa shape index (κ2) is 6.03. The maximum Gasteiger partial charge on any atom is 0.360 e. The van der Waals surface area contributed by atoms with E-state index >= 15 is 0 Å². The van der Waals surface area contributed by atoms with Crippen LogP contribution < -0.4 is 5.14 Å². The van der Waals surface area contributed by atoms with Crippen molar-refractivity contribution in [1.82, 2.24) is 4.98 Å². The van der Waals surface area contributed by atoms with Crippen molar-refractivity contribution >= 4 is 27.8 Å². The van der Waals surface area contributed by atoms with Crippen LogP contribution >= 0.6 is 11.8 Å². The van der Waals surface area contributed by atoms with E-state index in [1.165, 1.54) is 0 Å². The molecule has 9 heteroatoms. The van der Waals surface area contributed by atoms with Gasteiger partial charge in [-0.3, -0.25) is 0 Å². The van der Waals surface area contributed by atoms with Gasteiger partial charge in [0.2, 0.25) is 10.0 Å². The lowest BCUT2D eigenvalue weighted by Crippen LogP contribution is -2.17. The van der Waals surface area contributed by atoms with Crippen molar-refractivity contribution < 1.29 is 22.4 Å². The van der Waals surface area contributed by atoms with Crippen molar-refractivity contribution in [3.63, 3.8) is 0 Å². The van der Waals surface area contributed by atoms with Gasteiger partial charge in [-0.05, 0) is 6.92 Å². The molecule has 2 N–H and O–H groups in total. The van der Waals surface area contributed by atoms with E-state index in [1.54, 1.807) is 6.92 Å². The number of ether oxygens (including phenoxy) is 1. The Balaban J connectivity index is 2.49. The number of esters is 1. The number of rotatable bonds is 6. The first-order valence-corrected chi connectivity index (χ1v) is 7.38. The number of carbonyl (C=O) groups excluding carboxylic acids is 1. The van der Waals surface area contributed by atoms with Gasteiger partial charge in [0.25, 0.3) is 5.22 Å². The minimum absolute atomic E-state index is 0.0601. The molecule has 0 atom stereocenters. The fourth-order valence-corrected chi connectivity index (χ4v) is 2.58. The number of carbonyl (C=O) groups is 1. The third-order valence-electron chi connectivity index (χ3n) is 1.56. The Labute approximate surface area is 103 Å². The van der Waals surface area contributed by atoms with E-state index in [0.29, 0.717) is 0 Å². The topological polar surface area (TPSA) is 112 Å². The largest absolute Gasteiger partial charge is 0.461 e. The highest BCUT2D eigenvalue weighted by Crippen LogP contribution is 2.17. The van der Waals surface area contributed by atoms with Crippen molar-refractivity contribution in [2.24, 2.45) is 5.14 Å². The zero-order valence-electron chi connectivity index (χ0n) is 9.08. The van der Waals surface area contributed by atoms with E-state index in [9.17, 15) is 13.2 Å². The zero-order valence-corrected chi connectivity index (χ0v) is 10.7. The summed E-state index contributed by atoms with van der Waals surface area (Å²) < 4.78 is 31.0.